The highest BCUT2D eigenvalue weighted by Crippen LogP contribution is 2.28. The molecule has 0 aliphatic carbocycles. The summed E-state index contributed by atoms with van der Waals surface area (Å²) in [5, 5.41) is 2.73. The maximum absolute atomic E-state index is 12.8. The number of benzene rings is 1. The van der Waals surface area contributed by atoms with Gasteiger partial charge in [0.05, 0.1) is 5.01 Å². The Bertz CT molecular complexity index is 1000. The standard InChI is InChI=1S/C20H20N4O2S/c1-13-22-17(12-27-13)18-21-11-16(19(25)23-18)20(26)24-9-7-15(8-10-24)14-5-3-2-4-6-14/h2-6,11-12,15H,7-10H2,1H3,(H,21,23,25). The van der Waals surface area contributed by atoms with Crippen LogP contribution in [0.25, 0.3) is 11.5 Å². The molecule has 0 saturated carbocycles. The fourth-order valence-corrected chi connectivity index (χ4v) is 4.06. The Morgan fingerprint density at radius 2 is 1.96 bits per heavy atom. The average Bonchev–Trinajstić information content (AvgIpc) is 3.14. The molecule has 3 aromatic rings. The Kier molecular flexibility index (Phi) is 4.85. The lowest BCUT2D eigenvalue weighted by molar-refractivity contribution is 0.0710. The van der Waals surface area contributed by atoms with Crippen LogP contribution in [0.2, 0.25) is 0 Å². The number of hydrogen-bond acceptors (Lipinski definition) is 5. The molecule has 1 aliphatic rings. The molecule has 6 nitrogen and oxygen atoms in total. The molecule has 1 N–H and O–H groups in total. The van der Waals surface area contributed by atoms with Crippen molar-refractivity contribution >= 4 is 17.2 Å². The molecule has 0 unspecified atom stereocenters. The molecule has 7 heteroatoms. The molecule has 1 amide bonds. The normalized spacial score (nSPS) is 15.1. The number of aromatic nitrogens is 3. The number of piperidine rings is 1. The van der Waals surface area contributed by atoms with E-state index in [-0.39, 0.29) is 11.5 Å². The molecule has 27 heavy (non-hydrogen) atoms. The lowest BCUT2D eigenvalue weighted by Gasteiger charge is -2.32. The molecule has 0 spiro atoms. The van der Waals surface area contributed by atoms with Crippen molar-refractivity contribution in [1.29, 1.82) is 0 Å². The number of likely N-dealkylation sites (tertiary alicyclic amines) is 1. The average molecular weight is 380 g/mol. The van der Waals surface area contributed by atoms with Gasteiger partial charge in [0, 0.05) is 24.7 Å². The molecule has 138 valence electrons. The van der Waals surface area contributed by atoms with Crippen LogP contribution in [0.15, 0.2) is 46.7 Å². The number of thiazole rings is 1. The van der Waals surface area contributed by atoms with Gasteiger partial charge < -0.3 is 9.88 Å². The third-order valence-corrected chi connectivity index (χ3v) is 5.72. The van der Waals surface area contributed by atoms with Gasteiger partial charge in [0.1, 0.15) is 11.3 Å². The molecule has 1 aromatic carbocycles. The van der Waals surface area contributed by atoms with E-state index in [4.69, 9.17) is 0 Å². The number of carbonyl (C=O) groups is 1. The third-order valence-electron chi connectivity index (χ3n) is 4.94. The van der Waals surface area contributed by atoms with Crippen LogP contribution in [0.4, 0.5) is 0 Å². The summed E-state index contributed by atoms with van der Waals surface area (Å²) in [4.78, 5) is 38.2. The van der Waals surface area contributed by atoms with Gasteiger partial charge in [-0.15, -0.1) is 11.3 Å². The summed E-state index contributed by atoms with van der Waals surface area (Å²) in [5.41, 5.74) is 1.61. The molecular weight excluding hydrogens is 360 g/mol. The predicted octanol–water partition coefficient (Wildman–Crippen LogP) is 3.22. The minimum absolute atomic E-state index is 0.0869. The largest absolute Gasteiger partial charge is 0.338 e. The first-order valence-corrected chi connectivity index (χ1v) is 9.86. The monoisotopic (exact) mass is 380 g/mol. The minimum atomic E-state index is -0.416. The molecule has 1 saturated heterocycles. The van der Waals surface area contributed by atoms with E-state index in [1.165, 1.54) is 23.1 Å². The second-order valence-electron chi connectivity index (χ2n) is 6.70. The highest BCUT2D eigenvalue weighted by molar-refractivity contribution is 7.09. The van der Waals surface area contributed by atoms with Crippen molar-refractivity contribution < 1.29 is 4.79 Å². The summed E-state index contributed by atoms with van der Waals surface area (Å²) in [7, 11) is 0. The van der Waals surface area contributed by atoms with Crippen molar-refractivity contribution in [2.45, 2.75) is 25.7 Å². The zero-order valence-corrected chi connectivity index (χ0v) is 15.8. The van der Waals surface area contributed by atoms with Crippen molar-refractivity contribution in [3.63, 3.8) is 0 Å². The maximum Gasteiger partial charge on any atom is 0.264 e. The Morgan fingerprint density at radius 1 is 1.22 bits per heavy atom. The van der Waals surface area contributed by atoms with Crippen LogP contribution < -0.4 is 5.56 Å². The fraction of sp³-hybridized carbons (Fsp3) is 0.300. The molecule has 1 fully saturated rings. The van der Waals surface area contributed by atoms with E-state index in [1.807, 2.05) is 30.5 Å². The van der Waals surface area contributed by atoms with Crippen molar-refractivity contribution in [2.24, 2.45) is 0 Å². The SMILES string of the molecule is Cc1nc(-c2ncc(C(=O)N3CCC(c4ccccc4)CC3)c(=O)[nH]2)cs1. The van der Waals surface area contributed by atoms with E-state index < -0.39 is 5.56 Å². The second-order valence-corrected chi connectivity index (χ2v) is 7.77. The van der Waals surface area contributed by atoms with Crippen LogP contribution in [0.5, 0.6) is 0 Å². The number of H-pyrrole nitrogens is 1. The summed E-state index contributed by atoms with van der Waals surface area (Å²) >= 11 is 1.49. The Morgan fingerprint density at radius 3 is 2.59 bits per heavy atom. The van der Waals surface area contributed by atoms with Crippen LogP contribution in [0.3, 0.4) is 0 Å². The summed E-state index contributed by atoms with van der Waals surface area (Å²) < 4.78 is 0. The van der Waals surface area contributed by atoms with Gasteiger partial charge in [0.2, 0.25) is 0 Å². The van der Waals surface area contributed by atoms with Gasteiger partial charge in [-0.25, -0.2) is 9.97 Å². The molecule has 0 atom stereocenters. The topological polar surface area (TPSA) is 79.0 Å². The van der Waals surface area contributed by atoms with Crippen LogP contribution in [-0.2, 0) is 0 Å². The molecule has 0 bridgehead atoms. The quantitative estimate of drug-likeness (QED) is 0.757. The lowest BCUT2D eigenvalue weighted by atomic mass is 9.89. The van der Waals surface area contributed by atoms with Gasteiger partial charge >= 0.3 is 0 Å². The van der Waals surface area contributed by atoms with Crippen molar-refractivity contribution in [1.82, 2.24) is 19.9 Å². The van der Waals surface area contributed by atoms with E-state index in [9.17, 15) is 9.59 Å². The van der Waals surface area contributed by atoms with Crippen LogP contribution in [0, 0.1) is 6.92 Å². The van der Waals surface area contributed by atoms with Crippen molar-refractivity contribution in [2.75, 3.05) is 13.1 Å². The number of aromatic amines is 1. The van der Waals surface area contributed by atoms with Crippen molar-refractivity contribution in [3.8, 4) is 11.5 Å². The number of nitrogens with zero attached hydrogens (tertiary/aromatic N) is 3. The Balaban J connectivity index is 1.46. The van der Waals surface area contributed by atoms with Gasteiger partial charge in [-0.3, -0.25) is 9.59 Å². The highest BCUT2D eigenvalue weighted by atomic mass is 32.1. The number of carbonyl (C=O) groups excluding carboxylic acids is 1. The van der Waals surface area contributed by atoms with E-state index in [2.05, 4.69) is 27.1 Å². The summed E-state index contributed by atoms with van der Waals surface area (Å²) in [5.74, 6) is 0.599. The second kappa shape index (κ2) is 7.44. The summed E-state index contributed by atoms with van der Waals surface area (Å²) in [6, 6.07) is 10.4. The zero-order chi connectivity index (χ0) is 18.8. The fourth-order valence-electron chi connectivity index (χ4n) is 3.46. The van der Waals surface area contributed by atoms with Crippen LogP contribution in [-0.4, -0.2) is 38.8 Å². The van der Waals surface area contributed by atoms with Crippen molar-refractivity contribution in [3.05, 3.63) is 68.4 Å². The molecule has 0 radical (unpaired) electrons. The predicted molar refractivity (Wildman–Crippen MR) is 105 cm³/mol. The number of amides is 1. The summed E-state index contributed by atoms with van der Waals surface area (Å²) in [6.45, 7) is 3.18. The van der Waals surface area contributed by atoms with Gasteiger partial charge in [0.15, 0.2) is 5.82 Å². The molecule has 1 aliphatic heterocycles. The first-order valence-electron chi connectivity index (χ1n) is 8.98. The summed E-state index contributed by atoms with van der Waals surface area (Å²) in [6.07, 6.45) is 3.17. The number of hydrogen-bond donors (Lipinski definition) is 1. The maximum atomic E-state index is 12.8. The smallest absolute Gasteiger partial charge is 0.264 e. The van der Waals surface area contributed by atoms with Gasteiger partial charge in [-0.05, 0) is 31.2 Å². The minimum Gasteiger partial charge on any atom is -0.338 e. The molecule has 4 rings (SSSR count). The molecular formula is C20H20N4O2S. The van der Waals surface area contributed by atoms with Gasteiger partial charge in [0.25, 0.3) is 11.5 Å². The first kappa shape index (κ1) is 17.6. The van der Waals surface area contributed by atoms with Gasteiger partial charge in [-0.2, -0.15) is 0 Å². The van der Waals surface area contributed by atoms with E-state index in [0.29, 0.717) is 30.5 Å². The number of aryl methyl sites for hydroxylation is 1. The van der Waals surface area contributed by atoms with Gasteiger partial charge in [-0.1, -0.05) is 30.3 Å². The lowest BCUT2D eigenvalue weighted by Crippen LogP contribution is -2.40. The number of nitrogens with one attached hydrogen (secondary N) is 1. The Labute approximate surface area is 160 Å². The first-order chi connectivity index (χ1) is 13.1. The Hall–Kier alpha value is -2.80. The highest BCUT2D eigenvalue weighted by Gasteiger charge is 2.26. The van der Waals surface area contributed by atoms with Crippen LogP contribution >= 0.6 is 11.3 Å². The van der Waals surface area contributed by atoms with Crippen LogP contribution in [0.1, 0.15) is 39.7 Å². The van der Waals surface area contributed by atoms with E-state index in [0.717, 1.165) is 17.8 Å². The molecule has 3 heterocycles. The third kappa shape index (κ3) is 3.68. The van der Waals surface area contributed by atoms with E-state index >= 15 is 0 Å². The number of rotatable bonds is 3. The van der Waals surface area contributed by atoms with E-state index in [1.54, 1.807) is 4.90 Å². The molecule has 2 aromatic heterocycles. The zero-order valence-electron chi connectivity index (χ0n) is 15.0.